The molecule has 1 aliphatic heterocycles. The number of rotatable bonds is 11. The lowest BCUT2D eigenvalue weighted by Gasteiger charge is -2.31. The van der Waals surface area contributed by atoms with E-state index in [9.17, 15) is 22.8 Å². The van der Waals surface area contributed by atoms with Gasteiger partial charge in [0.2, 0.25) is 0 Å². The van der Waals surface area contributed by atoms with Gasteiger partial charge in [0.15, 0.2) is 0 Å². The molecule has 4 aromatic rings. The molecule has 4 aromatic carbocycles. The van der Waals surface area contributed by atoms with Crippen molar-refractivity contribution in [1.29, 1.82) is 0 Å². The van der Waals surface area contributed by atoms with Crippen molar-refractivity contribution in [2.24, 2.45) is 5.10 Å². The Balaban J connectivity index is 1.21. The number of anilines is 1. The van der Waals surface area contributed by atoms with Crippen LogP contribution in [0.25, 0.3) is 0 Å². The predicted octanol–water partition coefficient (Wildman–Crippen LogP) is 7.30. The quantitative estimate of drug-likeness (QED) is 0.111. The summed E-state index contributed by atoms with van der Waals surface area (Å²) in [5, 5.41) is 9.77. The van der Waals surface area contributed by atoms with Crippen molar-refractivity contribution in [2.75, 3.05) is 38.2 Å². The molecule has 0 radical (unpaired) electrons. The van der Waals surface area contributed by atoms with E-state index in [0.29, 0.717) is 16.6 Å². The normalized spacial score (nSPS) is 14.5. The fourth-order valence-electron chi connectivity index (χ4n) is 5.10. The van der Waals surface area contributed by atoms with Crippen LogP contribution in [0.2, 0.25) is 5.02 Å². The van der Waals surface area contributed by atoms with Crippen LogP contribution >= 0.6 is 27.5 Å². The van der Waals surface area contributed by atoms with Crippen LogP contribution in [-0.2, 0) is 17.5 Å². The highest BCUT2D eigenvalue weighted by Gasteiger charge is 2.33. The topological polar surface area (TPSA) is 95.1 Å². The molecule has 48 heavy (non-hydrogen) atoms. The maximum atomic E-state index is 13.2. The van der Waals surface area contributed by atoms with Crippen molar-refractivity contribution in [2.45, 2.75) is 18.8 Å². The van der Waals surface area contributed by atoms with Gasteiger partial charge >= 0.3 is 6.18 Å². The third kappa shape index (κ3) is 9.74. The monoisotopic (exact) mass is 741 g/mol. The largest absolute Gasteiger partial charge is 0.417 e. The van der Waals surface area contributed by atoms with Gasteiger partial charge in [-0.05, 0) is 59.2 Å². The highest BCUT2D eigenvalue weighted by atomic mass is 79.9. The van der Waals surface area contributed by atoms with Crippen molar-refractivity contribution < 1.29 is 27.5 Å². The summed E-state index contributed by atoms with van der Waals surface area (Å²) < 4.78 is 45.6. The molecular formula is C35H32BrClF3N5O3. The minimum atomic E-state index is -4.64. The number of hydrogen-bond donors (Lipinski definition) is 3. The second kappa shape index (κ2) is 16.4. The molecule has 0 bridgehead atoms. The van der Waals surface area contributed by atoms with Crippen LogP contribution in [-0.4, -0.2) is 55.8 Å². The molecule has 0 spiro atoms. The zero-order chi connectivity index (χ0) is 34.1. The number of hydrazone groups is 1. The van der Waals surface area contributed by atoms with Gasteiger partial charge in [-0.15, -0.1) is 0 Å². The fourth-order valence-corrected chi connectivity index (χ4v) is 5.69. The first-order chi connectivity index (χ1) is 23.1. The van der Waals surface area contributed by atoms with Crippen LogP contribution in [0, 0.1) is 0 Å². The Labute approximate surface area is 289 Å². The maximum absolute atomic E-state index is 13.2. The molecule has 2 amide bonds. The van der Waals surface area contributed by atoms with Crippen molar-refractivity contribution in [3.8, 4) is 0 Å². The van der Waals surface area contributed by atoms with Gasteiger partial charge in [-0.1, -0.05) is 76.1 Å². The van der Waals surface area contributed by atoms with E-state index in [4.69, 9.17) is 16.3 Å². The van der Waals surface area contributed by atoms with Crippen LogP contribution in [0.15, 0.2) is 101 Å². The number of ether oxygens (including phenoxy) is 1. The second-order valence-electron chi connectivity index (χ2n) is 11.0. The van der Waals surface area contributed by atoms with Gasteiger partial charge in [-0.3, -0.25) is 14.5 Å². The number of nitrogens with zero attached hydrogens (tertiary/aromatic N) is 2. The van der Waals surface area contributed by atoms with E-state index in [2.05, 4.69) is 54.1 Å². The number of morpholine rings is 1. The summed E-state index contributed by atoms with van der Waals surface area (Å²) in [7, 11) is 0. The molecule has 1 aliphatic rings. The van der Waals surface area contributed by atoms with Crippen molar-refractivity contribution >= 4 is 51.2 Å². The molecule has 13 heteroatoms. The van der Waals surface area contributed by atoms with Crippen LogP contribution in [0.1, 0.15) is 49.0 Å². The van der Waals surface area contributed by atoms with E-state index in [0.717, 1.165) is 56.8 Å². The maximum Gasteiger partial charge on any atom is 0.417 e. The van der Waals surface area contributed by atoms with Crippen LogP contribution in [0.5, 0.6) is 0 Å². The van der Waals surface area contributed by atoms with Crippen LogP contribution in [0.3, 0.4) is 0 Å². The Bertz CT molecular complexity index is 1750. The first-order valence-corrected chi connectivity index (χ1v) is 16.2. The first-order valence-electron chi connectivity index (χ1n) is 15.1. The highest BCUT2D eigenvalue weighted by Crippen LogP contribution is 2.35. The molecule has 1 unspecified atom stereocenters. The van der Waals surface area contributed by atoms with Crippen LogP contribution in [0.4, 0.5) is 18.9 Å². The molecule has 1 fully saturated rings. The number of hydrogen-bond acceptors (Lipinski definition) is 6. The Morgan fingerprint density at radius 3 is 2.40 bits per heavy atom. The summed E-state index contributed by atoms with van der Waals surface area (Å²) in [5.74, 6) is -1.11. The molecular weight excluding hydrogens is 711 g/mol. The number of alkyl halides is 3. The van der Waals surface area contributed by atoms with E-state index in [1.165, 1.54) is 17.7 Å². The Kier molecular flexibility index (Phi) is 12.0. The molecule has 1 saturated heterocycles. The van der Waals surface area contributed by atoms with Gasteiger partial charge in [0.25, 0.3) is 11.8 Å². The number of carbonyl (C=O) groups is 2. The van der Waals surface area contributed by atoms with Crippen molar-refractivity contribution in [3.05, 3.63) is 134 Å². The number of benzene rings is 4. The van der Waals surface area contributed by atoms with Crippen molar-refractivity contribution in [3.63, 3.8) is 0 Å². The van der Waals surface area contributed by atoms with E-state index in [1.54, 1.807) is 24.3 Å². The van der Waals surface area contributed by atoms with E-state index in [1.807, 2.05) is 30.3 Å². The molecule has 8 nitrogen and oxygen atoms in total. The predicted molar refractivity (Wildman–Crippen MR) is 183 cm³/mol. The lowest BCUT2D eigenvalue weighted by Crippen LogP contribution is -2.41. The molecule has 250 valence electrons. The van der Waals surface area contributed by atoms with Gasteiger partial charge in [0.1, 0.15) is 0 Å². The van der Waals surface area contributed by atoms with Gasteiger partial charge < -0.3 is 15.4 Å². The summed E-state index contributed by atoms with van der Waals surface area (Å²) >= 11 is 8.99. The Morgan fingerprint density at radius 2 is 1.69 bits per heavy atom. The summed E-state index contributed by atoms with van der Waals surface area (Å²) in [5.41, 5.74) is 4.27. The summed E-state index contributed by atoms with van der Waals surface area (Å²) in [6.07, 6.45) is -3.57. The van der Waals surface area contributed by atoms with Crippen molar-refractivity contribution in [1.82, 2.24) is 15.6 Å². The number of halogens is 5. The van der Waals surface area contributed by atoms with Gasteiger partial charge in [-0.25, -0.2) is 5.43 Å². The minimum Gasteiger partial charge on any atom is -0.379 e. The molecule has 3 N–H and O–H groups in total. The van der Waals surface area contributed by atoms with Gasteiger partial charge in [0.05, 0.1) is 41.3 Å². The minimum absolute atomic E-state index is 0.0844. The third-order valence-corrected chi connectivity index (χ3v) is 8.49. The average Bonchev–Trinajstić information content (AvgIpc) is 3.08. The van der Waals surface area contributed by atoms with Gasteiger partial charge in [0, 0.05) is 42.3 Å². The standard InChI is InChI=1S/C35H32BrClF3N5O3/c36-27-11-13-31(28(19-27)34(47)44-42-21-24-8-12-30(37)29(18-24)35(38,39)40)43-33(46)26-9-6-23(7-10-26)20-41-32(25-4-2-1-3-5-25)22-45-14-16-48-17-15-45/h1-13,18-19,21,32,41H,14-17,20,22H2,(H,43,46)(H,44,47)/b42-21+. The number of amides is 2. The zero-order valence-corrected chi connectivity index (χ0v) is 27.9. The molecule has 5 rings (SSSR count). The molecule has 0 aliphatic carbocycles. The summed E-state index contributed by atoms with van der Waals surface area (Å²) in [6.45, 7) is 4.67. The first kappa shape index (κ1) is 35.2. The van der Waals surface area contributed by atoms with E-state index < -0.39 is 28.6 Å². The highest BCUT2D eigenvalue weighted by molar-refractivity contribution is 9.10. The SMILES string of the molecule is O=C(Nc1ccc(Br)cc1C(=O)N/N=C/c1ccc(Cl)c(C(F)(F)F)c1)c1ccc(CNC(CN2CCOCC2)c2ccccc2)cc1. The Morgan fingerprint density at radius 1 is 0.958 bits per heavy atom. The lowest BCUT2D eigenvalue weighted by atomic mass is 10.0. The van der Waals surface area contributed by atoms with Crippen LogP contribution < -0.4 is 16.1 Å². The van der Waals surface area contributed by atoms with E-state index >= 15 is 0 Å². The zero-order valence-electron chi connectivity index (χ0n) is 25.6. The lowest BCUT2D eigenvalue weighted by molar-refractivity contribution is -0.137. The van der Waals surface area contributed by atoms with Gasteiger partial charge in [-0.2, -0.15) is 18.3 Å². The number of carbonyl (C=O) groups excluding carboxylic acids is 2. The third-order valence-electron chi connectivity index (χ3n) is 7.67. The molecule has 0 aromatic heterocycles. The number of nitrogens with one attached hydrogen (secondary N) is 3. The average molecular weight is 743 g/mol. The smallest absolute Gasteiger partial charge is 0.379 e. The molecule has 1 heterocycles. The summed E-state index contributed by atoms with van der Waals surface area (Å²) in [6, 6.07) is 25.6. The molecule has 0 saturated carbocycles. The summed E-state index contributed by atoms with van der Waals surface area (Å²) in [4.78, 5) is 28.6. The van der Waals surface area contributed by atoms with E-state index in [-0.39, 0.29) is 22.9 Å². The second-order valence-corrected chi connectivity index (χ2v) is 12.4. The Hall–Kier alpha value is -4.07. The molecule has 1 atom stereocenters. The fraction of sp³-hybridized carbons (Fsp3) is 0.229.